The van der Waals surface area contributed by atoms with E-state index in [9.17, 15) is 0 Å². The fraction of sp³-hybridized carbons (Fsp3) is 0.167. The summed E-state index contributed by atoms with van der Waals surface area (Å²) in [5.41, 5.74) is 1.11. The second kappa shape index (κ2) is 5.06. The molecule has 0 saturated carbocycles. The van der Waals surface area contributed by atoms with E-state index in [0.29, 0.717) is 6.61 Å². The minimum atomic E-state index is 0.433. The summed E-state index contributed by atoms with van der Waals surface area (Å²) in [6.45, 7) is 2.45. The van der Waals surface area contributed by atoms with E-state index < -0.39 is 0 Å². The van der Waals surface area contributed by atoms with Crippen LogP contribution in [0.25, 0.3) is 0 Å². The summed E-state index contributed by atoms with van der Waals surface area (Å²) in [6.07, 6.45) is 0. The monoisotopic (exact) mass is 344 g/mol. The molecule has 0 fully saturated rings. The maximum absolute atomic E-state index is 5.67. The van der Waals surface area contributed by atoms with Crippen LogP contribution in [0.5, 0.6) is 5.75 Å². The van der Waals surface area contributed by atoms with Gasteiger partial charge in [-0.15, -0.1) is 0 Å². The molecular formula is C12H10Br2O2. The topological polar surface area (TPSA) is 22.4 Å². The first-order valence-electron chi connectivity index (χ1n) is 4.78. The molecular weight excluding hydrogens is 336 g/mol. The van der Waals surface area contributed by atoms with Gasteiger partial charge in [0.05, 0.1) is 0 Å². The lowest BCUT2D eigenvalue weighted by atomic mass is 10.2. The smallest absolute Gasteiger partial charge is 0.169 e. The standard InChI is InChI=1S/C12H10Br2O2/c1-8-2-3-9(13)6-11(8)15-7-10-4-5-12(14)16-10/h2-6H,7H2,1H3. The first kappa shape index (κ1) is 11.7. The van der Waals surface area contributed by atoms with Gasteiger partial charge in [-0.2, -0.15) is 0 Å². The van der Waals surface area contributed by atoms with Crippen molar-refractivity contribution in [2.75, 3.05) is 0 Å². The van der Waals surface area contributed by atoms with Crippen molar-refractivity contribution < 1.29 is 9.15 Å². The molecule has 0 atom stereocenters. The van der Waals surface area contributed by atoms with E-state index in [-0.39, 0.29) is 0 Å². The largest absolute Gasteiger partial charge is 0.485 e. The van der Waals surface area contributed by atoms with Crippen LogP contribution < -0.4 is 4.74 Å². The van der Waals surface area contributed by atoms with Crippen LogP contribution in [0.3, 0.4) is 0 Å². The third-order valence-corrected chi connectivity index (χ3v) is 3.07. The minimum Gasteiger partial charge on any atom is -0.485 e. The van der Waals surface area contributed by atoms with E-state index in [1.54, 1.807) is 0 Å². The van der Waals surface area contributed by atoms with Crippen LogP contribution in [-0.2, 0) is 6.61 Å². The quantitative estimate of drug-likeness (QED) is 0.805. The number of furan rings is 1. The van der Waals surface area contributed by atoms with Gasteiger partial charge in [-0.05, 0) is 52.7 Å². The van der Waals surface area contributed by atoms with Crippen LogP contribution in [0.4, 0.5) is 0 Å². The number of rotatable bonds is 3. The Kier molecular flexibility index (Phi) is 3.71. The average molecular weight is 346 g/mol. The van der Waals surface area contributed by atoms with Gasteiger partial charge < -0.3 is 9.15 Å². The Morgan fingerprint density at radius 1 is 1.19 bits per heavy atom. The Morgan fingerprint density at radius 3 is 2.69 bits per heavy atom. The van der Waals surface area contributed by atoms with E-state index in [1.165, 1.54) is 0 Å². The molecule has 0 bridgehead atoms. The lowest BCUT2D eigenvalue weighted by Gasteiger charge is -2.07. The van der Waals surface area contributed by atoms with Gasteiger partial charge in [0.2, 0.25) is 0 Å². The summed E-state index contributed by atoms with van der Waals surface area (Å²) in [4.78, 5) is 0. The average Bonchev–Trinajstić information content (AvgIpc) is 2.66. The number of hydrogen-bond acceptors (Lipinski definition) is 2. The molecule has 0 saturated heterocycles. The molecule has 0 aliphatic carbocycles. The Balaban J connectivity index is 2.07. The zero-order valence-corrected chi connectivity index (χ0v) is 11.8. The van der Waals surface area contributed by atoms with Crippen LogP contribution >= 0.6 is 31.9 Å². The van der Waals surface area contributed by atoms with Crippen molar-refractivity contribution in [2.45, 2.75) is 13.5 Å². The van der Waals surface area contributed by atoms with Crippen molar-refractivity contribution in [3.05, 3.63) is 50.8 Å². The Bertz CT molecular complexity index is 492. The van der Waals surface area contributed by atoms with Crippen molar-refractivity contribution in [3.8, 4) is 5.75 Å². The molecule has 0 amide bonds. The molecule has 0 N–H and O–H groups in total. The van der Waals surface area contributed by atoms with Gasteiger partial charge in [0.25, 0.3) is 0 Å². The number of halogens is 2. The van der Waals surface area contributed by atoms with Gasteiger partial charge in [-0.25, -0.2) is 0 Å². The third-order valence-electron chi connectivity index (χ3n) is 2.15. The number of aryl methyl sites for hydroxylation is 1. The Hall–Kier alpha value is -0.740. The Labute approximate surface area is 111 Å². The molecule has 16 heavy (non-hydrogen) atoms. The van der Waals surface area contributed by atoms with Gasteiger partial charge in [0.1, 0.15) is 18.1 Å². The highest BCUT2D eigenvalue weighted by Crippen LogP contribution is 2.24. The summed E-state index contributed by atoms with van der Waals surface area (Å²) >= 11 is 6.67. The predicted octanol–water partition coefficient (Wildman–Crippen LogP) is 4.69. The maximum atomic E-state index is 5.67. The molecule has 2 aromatic rings. The minimum absolute atomic E-state index is 0.433. The van der Waals surface area contributed by atoms with Crippen LogP contribution in [-0.4, -0.2) is 0 Å². The van der Waals surface area contributed by atoms with Crippen molar-refractivity contribution in [2.24, 2.45) is 0 Å². The number of ether oxygens (including phenoxy) is 1. The molecule has 2 rings (SSSR count). The van der Waals surface area contributed by atoms with E-state index >= 15 is 0 Å². The summed E-state index contributed by atoms with van der Waals surface area (Å²) in [7, 11) is 0. The van der Waals surface area contributed by atoms with E-state index in [4.69, 9.17) is 9.15 Å². The van der Waals surface area contributed by atoms with Crippen molar-refractivity contribution in [1.29, 1.82) is 0 Å². The van der Waals surface area contributed by atoms with E-state index in [2.05, 4.69) is 31.9 Å². The highest BCUT2D eigenvalue weighted by atomic mass is 79.9. The van der Waals surface area contributed by atoms with Crippen molar-refractivity contribution >= 4 is 31.9 Å². The lowest BCUT2D eigenvalue weighted by Crippen LogP contribution is -1.95. The summed E-state index contributed by atoms with van der Waals surface area (Å²) in [5, 5.41) is 0. The third kappa shape index (κ3) is 2.89. The summed E-state index contributed by atoms with van der Waals surface area (Å²) in [5.74, 6) is 1.66. The number of hydrogen-bond donors (Lipinski definition) is 0. The molecule has 1 heterocycles. The molecule has 0 aliphatic heterocycles. The second-order valence-electron chi connectivity index (χ2n) is 3.40. The molecule has 4 heteroatoms. The molecule has 2 nitrogen and oxygen atoms in total. The molecule has 1 aromatic carbocycles. The zero-order chi connectivity index (χ0) is 11.5. The van der Waals surface area contributed by atoms with E-state index in [0.717, 1.165) is 26.2 Å². The normalized spacial score (nSPS) is 10.4. The SMILES string of the molecule is Cc1ccc(Br)cc1OCc1ccc(Br)o1. The zero-order valence-electron chi connectivity index (χ0n) is 8.67. The van der Waals surface area contributed by atoms with Gasteiger partial charge in [-0.3, -0.25) is 0 Å². The van der Waals surface area contributed by atoms with Crippen LogP contribution in [0.2, 0.25) is 0 Å². The highest BCUT2D eigenvalue weighted by molar-refractivity contribution is 9.10. The molecule has 0 radical (unpaired) electrons. The fourth-order valence-corrected chi connectivity index (χ4v) is 1.99. The molecule has 1 aromatic heterocycles. The first-order valence-corrected chi connectivity index (χ1v) is 6.37. The highest BCUT2D eigenvalue weighted by Gasteiger charge is 2.03. The first-order chi connectivity index (χ1) is 7.65. The van der Waals surface area contributed by atoms with Gasteiger partial charge >= 0.3 is 0 Å². The maximum Gasteiger partial charge on any atom is 0.169 e. The lowest BCUT2D eigenvalue weighted by molar-refractivity contribution is 0.266. The van der Waals surface area contributed by atoms with Crippen LogP contribution in [0, 0.1) is 6.92 Å². The van der Waals surface area contributed by atoms with Gasteiger partial charge in [-0.1, -0.05) is 22.0 Å². The molecule has 0 aliphatic rings. The fourth-order valence-electron chi connectivity index (χ4n) is 1.31. The van der Waals surface area contributed by atoms with Crippen molar-refractivity contribution in [3.63, 3.8) is 0 Å². The van der Waals surface area contributed by atoms with Crippen molar-refractivity contribution in [1.82, 2.24) is 0 Å². The molecule has 0 unspecified atom stereocenters. The van der Waals surface area contributed by atoms with Gasteiger partial charge in [0.15, 0.2) is 4.67 Å². The van der Waals surface area contributed by atoms with Crippen LogP contribution in [0.1, 0.15) is 11.3 Å². The summed E-state index contributed by atoms with van der Waals surface area (Å²) < 4.78 is 12.8. The second-order valence-corrected chi connectivity index (χ2v) is 5.10. The molecule has 84 valence electrons. The molecule has 0 spiro atoms. The van der Waals surface area contributed by atoms with Gasteiger partial charge in [0, 0.05) is 4.47 Å². The van der Waals surface area contributed by atoms with Crippen LogP contribution in [0.15, 0.2) is 43.9 Å². The number of benzene rings is 1. The van der Waals surface area contributed by atoms with E-state index in [1.807, 2.05) is 37.3 Å². The predicted molar refractivity (Wildman–Crippen MR) is 69.6 cm³/mol. The summed E-state index contributed by atoms with van der Waals surface area (Å²) in [6, 6.07) is 9.69. The Morgan fingerprint density at radius 2 is 2.00 bits per heavy atom.